The van der Waals surface area contributed by atoms with Crippen molar-refractivity contribution in [3.63, 3.8) is 0 Å². The zero-order valence-corrected chi connectivity index (χ0v) is 28.0. The number of methoxy groups -OCH3 is 2. The van der Waals surface area contributed by atoms with Crippen LogP contribution in [0.1, 0.15) is 61.0 Å². The van der Waals surface area contributed by atoms with E-state index in [1.165, 1.54) is 14.2 Å². The van der Waals surface area contributed by atoms with Crippen LogP contribution in [0.4, 0.5) is 9.59 Å². The highest BCUT2D eigenvalue weighted by Gasteiger charge is 2.37. The number of carbonyl (C=O) groups is 3. The number of ether oxygens (including phenoxy) is 2. The third kappa shape index (κ3) is 6.56. The Morgan fingerprint density at radius 1 is 0.700 bits per heavy atom. The van der Waals surface area contributed by atoms with Crippen LogP contribution in [-0.2, 0) is 14.3 Å². The van der Waals surface area contributed by atoms with E-state index >= 15 is 0 Å². The number of carbonyl (C=O) groups excluding carboxylic acids is 3. The fourth-order valence-electron chi connectivity index (χ4n) is 6.97. The monoisotopic (exact) mass is 673 g/mol. The van der Waals surface area contributed by atoms with Crippen LogP contribution in [0, 0.1) is 0 Å². The van der Waals surface area contributed by atoms with E-state index in [-0.39, 0.29) is 24.1 Å². The first-order valence-electron chi connectivity index (χ1n) is 16.8. The van der Waals surface area contributed by atoms with E-state index in [0.29, 0.717) is 24.5 Å². The molecule has 2 saturated heterocycles. The molecule has 2 fully saturated rings. The Kier molecular flexibility index (Phi) is 9.32. The molecule has 50 heavy (non-hydrogen) atoms. The lowest BCUT2D eigenvalue weighted by molar-refractivity contribution is -0.134. The molecule has 3 amide bonds. The van der Waals surface area contributed by atoms with E-state index in [2.05, 4.69) is 73.8 Å². The van der Waals surface area contributed by atoms with Gasteiger partial charge in [-0.3, -0.25) is 9.69 Å². The van der Waals surface area contributed by atoms with Gasteiger partial charge in [-0.25, -0.2) is 19.6 Å². The maximum atomic E-state index is 13.8. The lowest BCUT2D eigenvalue weighted by Gasteiger charge is -2.28. The van der Waals surface area contributed by atoms with Gasteiger partial charge in [-0.1, -0.05) is 78.9 Å². The molecule has 12 heteroatoms. The molecule has 2 aliphatic rings. The van der Waals surface area contributed by atoms with Crippen molar-refractivity contribution in [2.45, 2.75) is 43.8 Å². The van der Waals surface area contributed by atoms with Crippen LogP contribution in [-0.4, -0.2) is 75.1 Å². The lowest BCUT2D eigenvalue weighted by Crippen LogP contribution is -2.42. The van der Waals surface area contributed by atoms with E-state index in [4.69, 9.17) is 9.47 Å². The van der Waals surface area contributed by atoms with Crippen molar-refractivity contribution < 1.29 is 23.9 Å². The van der Waals surface area contributed by atoms with E-state index in [0.717, 1.165) is 65.1 Å². The van der Waals surface area contributed by atoms with Gasteiger partial charge >= 0.3 is 12.2 Å². The standard InChI is InChI=1S/C38H39N7O5/c1-49-37(47)43-33(28-8-4-3-5-9-28)36(46)44-20-6-10-31(44)34-39-22-29(41-34)26-16-12-24(13-17-26)25-14-18-27(19-15-25)30-23-40-35(42-30)32-11-7-21-45(32)38(48)50-2/h3-5,8-9,12-19,22-23,31-33H,6-7,10-11,20-21H2,1-2H3,(H,39,41)(H,40,42)(H,43,47)/t31?,32-,33-/m0/s1. The molecule has 12 nitrogen and oxygen atoms in total. The molecule has 5 aromatic rings. The summed E-state index contributed by atoms with van der Waals surface area (Å²) in [5.74, 6) is 1.27. The summed E-state index contributed by atoms with van der Waals surface area (Å²) in [5.41, 5.74) is 6.57. The Balaban J connectivity index is 1.03. The van der Waals surface area contributed by atoms with E-state index in [1.807, 2.05) is 36.5 Å². The number of aromatic amines is 2. The number of amides is 3. The normalized spacial score (nSPS) is 17.8. The number of likely N-dealkylation sites (tertiary alicyclic amines) is 2. The summed E-state index contributed by atoms with van der Waals surface area (Å²) in [7, 11) is 2.69. The summed E-state index contributed by atoms with van der Waals surface area (Å²) in [6.45, 7) is 1.23. The van der Waals surface area contributed by atoms with Crippen LogP contribution in [0.15, 0.2) is 91.3 Å². The van der Waals surface area contributed by atoms with Gasteiger partial charge in [0.2, 0.25) is 0 Å². The Hall–Kier alpha value is -5.91. The first kappa shape index (κ1) is 32.6. The van der Waals surface area contributed by atoms with Crippen LogP contribution in [0.2, 0.25) is 0 Å². The second kappa shape index (κ2) is 14.3. The van der Waals surface area contributed by atoms with Crippen LogP contribution in [0.5, 0.6) is 0 Å². The Labute approximate surface area is 289 Å². The molecule has 3 atom stereocenters. The molecule has 0 aliphatic carbocycles. The van der Waals surface area contributed by atoms with Gasteiger partial charge < -0.3 is 29.7 Å². The average Bonchev–Trinajstić information content (AvgIpc) is 4.00. The molecule has 4 heterocycles. The molecule has 0 bridgehead atoms. The number of nitrogens with zero attached hydrogens (tertiary/aromatic N) is 4. The Bertz CT molecular complexity index is 1960. The molecular weight excluding hydrogens is 634 g/mol. The largest absolute Gasteiger partial charge is 0.453 e. The molecule has 2 aromatic heterocycles. The topological polar surface area (TPSA) is 146 Å². The van der Waals surface area contributed by atoms with Gasteiger partial charge in [-0.15, -0.1) is 0 Å². The Morgan fingerprint density at radius 2 is 1.20 bits per heavy atom. The molecule has 3 aromatic carbocycles. The molecule has 0 saturated carbocycles. The fourth-order valence-corrected chi connectivity index (χ4v) is 6.97. The maximum Gasteiger partial charge on any atom is 0.410 e. The number of nitrogens with one attached hydrogen (secondary N) is 3. The SMILES string of the molecule is COC(=O)N[C@H](C(=O)N1CCCC1c1ncc(-c2ccc(-c3ccc(-c4cnc([C@@H]5CCCN5C(=O)OC)[nH]4)cc3)cc2)[nH]1)c1ccccc1. The van der Waals surface area contributed by atoms with Gasteiger partial charge in [0.1, 0.15) is 17.7 Å². The number of alkyl carbamates (subject to hydrolysis) is 1. The van der Waals surface area contributed by atoms with Crippen LogP contribution in [0.3, 0.4) is 0 Å². The Morgan fingerprint density at radius 3 is 1.72 bits per heavy atom. The van der Waals surface area contributed by atoms with Gasteiger partial charge in [-0.2, -0.15) is 0 Å². The highest BCUT2D eigenvalue weighted by Crippen LogP contribution is 2.35. The number of H-pyrrole nitrogens is 2. The van der Waals surface area contributed by atoms with Gasteiger partial charge in [0.15, 0.2) is 0 Å². The van der Waals surface area contributed by atoms with Crippen molar-refractivity contribution >= 4 is 18.1 Å². The molecule has 2 aliphatic heterocycles. The van der Waals surface area contributed by atoms with E-state index < -0.39 is 12.1 Å². The van der Waals surface area contributed by atoms with Gasteiger partial charge in [0.05, 0.1) is 50.1 Å². The van der Waals surface area contributed by atoms with Crippen LogP contribution in [0.25, 0.3) is 33.6 Å². The van der Waals surface area contributed by atoms with Crippen molar-refractivity contribution in [2.24, 2.45) is 0 Å². The maximum absolute atomic E-state index is 13.8. The molecule has 0 radical (unpaired) electrons. The van der Waals surface area contributed by atoms with Crippen LogP contribution >= 0.6 is 0 Å². The second-order valence-corrected chi connectivity index (χ2v) is 12.5. The smallest absolute Gasteiger partial charge is 0.410 e. The predicted molar refractivity (Wildman–Crippen MR) is 187 cm³/mol. The minimum Gasteiger partial charge on any atom is -0.453 e. The molecular formula is C38H39N7O5. The first-order valence-corrected chi connectivity index (χ1v) is 16.8. The van der Waals surface area contributed by atoms with Crippen molar-refractivity contribution in [3.05, 3.63) is 108 Å². The van der Waals surface area contributed by atoms with E-state index in [1.54, 1.807) is 16.0 Å². The number of aromatic nitrogens is 4. The predicted octanol–water partition coefficient (Wildman–Crippen LogP) is 6.80. The number of hydrogen-bond acceptors (Lipinski definition) is 7. The fraction of sp³-hybridized carbons (Fsp3) is 0.289. The minimum atomic E-state index is -0.867. The van der Waals surface area contributed by atoms with Crippen molar-refractivity contribution in [3.8, 4) is 33.6 Å². The zero-order chi connectivity index (χ0) is 34.6. The summed E-state index contributed by atoms with van der Waals surface area (Å²) in [5, 5.41) is 2.71. The van der Waals surface area contributed by atoms with Gasteiger partial charge in [-0.05, 0) is 53.5 Å². The highest BCUT2D eigenvalue weighted by atomic mass is 16.5. The molecule has 7 rings (SSSR count). The third-order valence-corrected chi connectivity index (χ3v) is 9.57. The van der Waals surface area contributed by atoms with Crippen molar-refractivity contribution in [1.82, 2.24) is 35.1 Å². The second-order valence-electron chi connectivity index (χ2n) is 12.5. The van der Waals surface area contributed by atoms with E-state index in [9.17, 15) is 14.4 Å². The van der Waals surface area contributed by atoms with Gasteiger partial charge in [0.25, 0.3) is 5.91 Å². The number of rotatable bonds is 8. The summed E-state index contributed by atoms with van der Waals surface area (Å²) in [4.78, 5) is 57.8. The molecule has 3 N–H and O–H groups in total. The quantitative estimate of drug-likeness (QED) is 0.164. The summed E-state index contributed by atoms with van der Waals surface area (Å²) in [6.07, 6.45) is 5.98. The molecule has 256 valence electrons. The number of imidazole rings is 2. The lowest BCUT2D eigenvalue weighted by atomic mass is 10.0. The minimum absolute atomic E-state index is 0.109. The summed E-state index contributed by atoms with van der Waals surface area (Å²) < 4.78 is 9.76. The highest BCUT2D eigenvalue weighted by molar-refractivity contribution is 5.87. The summed E-state index contributed by atoms with van der Waals surface area (Å²) >= 11 is 0. The van der Waals surface area contributed by atoms with Gasteiger partial charge in [0, 0.05) is 13.1 Å². The average molecular weight is 674 g/mol. The molecule has 0 spiro atoms. The van der Waals surface area contributed by atoms with Crippen molar-refractivity contribution in [2.75, 3.05) is 27.3 Å². The summed E-state index contributed by atoms with van der Waals surface area (Å²) in [6, 6.07) is 24.5. The zero-order valence-electron chi connectivity index (χ0n) is 28.0. The molecule has 1 unspecified atom stereocenters. The number of benzene rings is 3. The van der Waals surface area contributed by atoms with Crippen molar-refractivity contribution in [1.29, 1.82) is 0 Å². The number of hydrogen-bond donors (Lipinski definition) is 3. The van der Waals surface area contributed by atoms with Crippen LogP contribution < -0.4 is 5.32 Å². The first-order chi connectivity index (χ1) is 24.4. The third-order valence-electron chi connectivity index (χ3n) is 9.57.